The third-order valence-electron chi connectivity index (χ3n) is 4.51. The highest BCUT2D eigenvalue weighted by molar-refractivity contribution is 6.00. The number of carbonyl (C=O) groups excluding carboxylic acids is 4. The zero-order valence-electron chi connectivity index (χ0n) is 17.1. The highest BCUT2D eigenvalue weighted by atomic mass is 16.5. The smallest absolute Gasteiger partial charge is 0.355 e. The van der Waals surface area contributed by atoms with E-state index in [9.17, 15) is 19.2 Å². The molecular weight excluding hydrogens is 398 g/mol. The summed E-state index contributed by atoms with van der Waals surface area (Å²) in [5, 5.41) is 5.05. The molecule has 1 fully saturated rings. The molecule has 8 heteroatoms. The Kier molecular flexibility index (Phi) is 7.16. The Morgan fingerprint density at radius 1 is 1.06 bits per heavy atom. The Morgan fingerprint density at radius 2 is 1.77 bits per heavy atom. The lowest BCUT2D eigenvalue weighted by molar-refractivity contribution is -0.144. The first kappa shape index (κ1) is 21.8. The average Bonchev–Trinajstić information content (AvgIpc) is 3.18. The molecule has 0 aliphatic carbocycles. The zero-order chi connectivity index (χ0) is 22.2. The monoisotopic (exact) mass is 421 g/mol. The van der Waals surface area contributed by atoms with E-state index in [1.807, 2.05) is 6.07 Å². The van der Waals surface area contributed by atoms with Crippen LogP contribution in [-0.2, 0) is 23.9 Å². The normalized spacial score (nSPS) is 13.6. The van der Waals surface area contributed by atoms with Gasteiger partial charge in [0, 0.05) is 31.3 Å². The second-order valence-corrected chi connectivity index (χ2v) is 6.97. The fourth-order valence-corrected chi connectivity index (χ4v) is 3.10. The molecule has 0 bridgehead atoms. The molecule has 2 N–H and O–H groups in total. The molecule has 0 radical (unpaired) electrons. The minimum atomic E-state index is -0.822. The van der Waals surface area contributed by atoms with Crippen molar-refractivity contribution in [2.45, 2.75) is 19.8 Å². The molecule has 0 saturated carbocycles. The van der Waals surface area contributed by atoms with Gasteiger partial charge in [-0.2, -0.15) is 0 Å². The molecule has 1 saturated heterocycles. The molecule has 3 rings (SSSR count). The van der Waals surface area contributed by atoms with E-state index in [0.29, 0.717) is 24.2 Å². The fraction of sp³-hybridized carbons (Fsp3) is 0.217. The van der Waals surface area contributed by atoms with Crippen LogP contribution in [0.1, 0.15) is 25.3 Å². The number of amides is 3. The summed E-state index contributed by atoms with van der Waals surface area (Å²) < 4.78 is 5.04. The van der Waals surface area contributed by atoms with E-state index in [4.69, 9.17) is 4.74 Å². The van der Waals surface area contributed by atoms with Gasteiger partial charge in [0.2, 0.25) is 11.8 Å². The number of benzene rings is 2. The number of rotatable bonds is 7. The van der Waals surface area contributed by atoms with Crippen molar-refractivity contribution in [3.63, 3.8) is 0 Å². The third-order valence-corrected chi connectivity index (χ3v) is 4.51. The van der Waals surface area contributed by atoms with Crippen LogP contribution in [-0.4, -0.2) is 36.8 Å². The van der Waals surface area contributed by atoms with E-state index in [2.05, 4.69) is 10.6 Å². The van der Waals surface area contributed by atoms with Crippen LogP contribution < -0.4 is 15.5 Å². The molecule has 2 aromatic carbocycles. The first-order valence-electron chi connectivity index (χ1n) is 9.84. The minimum Gasteiger partial charge on any atom is -0.451 e. The van der Waals surface area contributed by atoms with E-state index in [-0.39, 0.29) is 11.6 Å². The van der Waals surface area contributed by atoms with Gasteiger partial charge in [-0.1, -0.05) is 30.3 Å². The number of anilines is 2. The van der Waals surface area contributed by atoms with E-state index in [1.165, 1.54) is 13.0 Å². The van der Waals surface area contributed by atoms with Gasteiger partial charge in [-0.15, -0.1) is 0 Å². The number of esters is 1. The second-order valence-electron chi connectivity index (χ2n) is 6.97. The van der Waals surface area contributed by atoms with E-state index < -0.39 is 24.4 Å². The van der Waals surface area contributed by atoms with Gasteiger partial charge in [-0.05, 0) is 42.3 Å². The number of ether oxygens (including phenoxy) is 1. The van der Waals surface area contributed by atoms with Gasteiger partial charge in [-0.25, -0.2) is 4.79 Å². The summed E-state index contributed by atoms with van der Waals surface area (Å²) in [6, 6.07) is 15.8. The third kappa shape index (κ3) is 6.27. The van der Waals surface area contributed by atoms with Gasteiger partial charge < -0.3 is 20.3 Å². The molecule has 2 aromatic rings. The highest BCUT2D eigenvalue weighted by Gasteiger charge is 2.21. The first-order chi connectivity index (χ1) is 14.9. The Morgan fingerprint density at radius 3 is 2.39 bits per heavy atom. The number of carbonyl (C=O) groups is 4. The maximum absolute atomic E-state index is 12.3. The molecule has 1 heterocycles. The molecule has 1 aliphatic rings. The van der Waals surface area contributed by atoms with E-state index >= 15 is 0 Å². The van der Waals surface area contributed by atoms with Crippen LogP contribution in [0.25, 0.3) is 6.08 Å². The molecule has 160 valence electrons. The molecule has 3 amide bonds. The van der Waals surface area contributed by atoms with Crippen molar-refractivity contribution in [3.8, 4) is 0 Å². The Labute approximate surface area is 179 Å². The van der Waals surface area contributed by atoms with Crippen LogP contribution in [0.15, 0.2) is 60.3 Å². The summed E-state index contributed by atoms with van der Waals surface area (Å²) in [6.07, 6.45) is 2.85. The van der Waals surface area contributed by atoms with Crippen LogP contribution in [0.4, 0.5) is 11.4 Å². The SMILES string of the molecule is CC(=O)N/C(=C\c1ccccc1)C(=O)OCC(=O)Nc1ccc(N2CCCC2=O)cc1. The lowest BCUT2D eigenvalue weighted by Gasteiger charge is -2.16. The van der Waals surface area contributed by atoms with Crippen LogP contribution in [0.3, 0.4) is 0 Å². The molecule has 0 spiro atoms. The van der Waals surface area contributed by atoms with Crippen molar-refractivity contribution in [1.82, 2.24) is 5.32 Å². The van der Waals surface area contributed by atoms with Gasteiger partial charge >= 0.3 is 5.97 Å². The number of hydrogen-bond acceptors (Lipinski definition) is 5. The maximum Gasteiger partial charge on any atom is 0.355 e. The lowest BCUT2D eigenvalue weighted by Crippen LogP contribution is -2.29. The zero-order valence-corrected chi connectivity index (χ0v) is 17.1. The lowest BCUT2D eigenvalue weighted by atomic mass is 10.2. The van der Waals surface area contributed by atoms with Gasteiger partial charge in [0.05, 0.1) is 0 Å². The summed E-state index contributed by atoms with van der Waals surface area (Å²) in [6.45, 7) is 1.45. The van der Waals surface area contributed by atoms with E-state index in [0.717, 1.165) is 12.1 Å². The molecule has 0 atom stereocenters. The van der Waals surface area contributed by atoms with E-state index in [1.54, 1.807) is 53.4 Å². The quantitative estimate of drug-likeness (QED) is 0.528. The molecule has 8 nitrogen and oxygen atoms in total. The van der Waals surface area contributed by atoms with Gasteiger partial charge in [-0.3, -0.25) is 14.4 Å². The van der Waals surface area contributed by atoms with Crippen molar-refractivity contribution in [2.24, 2.45) is 0 Å². The van der Waals surface area contributed by atoms with Crippen molar-refractivity contribution < 1.29 is 23.9 Å². The summed E-state index contributed by atoms with van der Waals surface area (Å²) >= 11 is 0. The molecule has 1 aliphatic heterocycles. The highest BCUT2D eigenvalue weighted by Crippen LogP contribution is 2.23. The number of nitrogens with one attached hydrogen (secondary N) is 2. The maximum atomic E-state index is 12.3. The van der Waals surface area contributed by atoms with Crippen molar-refractivity contribution in [3.05, 3.63) is 65.9 Å². The Balaban J connectivity index is 1.56. The number of nitrogens with zero attached hydrogens (tertiary/aromatic N) is 1. The predicted molar refractivity (Wildman–Crippen MR) is 116 cm³/mol. The summed E-state index contributed by atoms with van der Waals surface area (Å²) in [4.78, 5) is 49.4. The Bertz CT molecular complexity index is 1000. The molecule has 0 aromatic heterocycles. The van der Waals surface area contributed by atoms with Crippen LogP contribution in [0.2, 0.25) is 0 Å². The van der Waals surface area contributed by atoms with Gasteiger partial charge in [0.15, 0.2) is 6.61 Å². The second kappa shape index (κ2) is 10.2. The molecule has 0 unspecified atom stereocenters. The van der Waals surface area contributed by atoms with Crippen molar-refractivity contribution in [2.75, 3.05) is 23.4 Å². The standard InChI is InChI=1S/C23H23N3O5/c1-16(27)24-20(14-17-6-3-2-4-7-17)23(30)31-15-21(28)25-18-9-11-19(12-10-18)26-13-5-8-22(26)29/h2-4,6-7,9-12,14H,5,8,13,15H2,1H3,(H,24,27)(H,25,28)/b20-14-. The summed E-state index contributed by atoms with van der Waals surface area (Å²) in [7, 11) is 0. The first-order valence-corrected chi connectivity index (χ1v) is 9.84. The fourth-order valence-electron chi connectivity index (χ4n) is 3.10. The summed E-state index contributed by atoms with van der Waals surface area (Å²) in [5.41, 5.74) is 1.92. The largest absolute Gasteiger partial charge is 0.451 e. The van der Waals surface area contributed by atoms with Gasteiger partial charge in [0.25, 0.3) is 5.91 Å². The minimum absolute atomic E-state index is 0.0638. The topological polar surface area (TPSA) is 105 Å². The van der Waals surface area contributed by atoms with Crippen LogP contribution >= 0.6 is 0 Å². The predicted octanol–water partition coefficient (Wildman–Crippen LogP) is 2.47. The van der Waals surface area contributed by atoms with Crippen molar-refractivity contribution in [1.29, 1.82) is 0 Å². The number of hydrogen-bond donors (Lipinski definition) is 2. The average molecular weight is 421 g/mol. The Hall–Kier alpha value is -3.94. The van der Waals surface area contributed by atoms with Gasteiger partial charge in [0.1, 0.15) is 5.70 Å². The van der Waals surface area contributed by atoms with Crippen molar-refractivity contribution >= 4 is 41.1 Å². The van der Waals surface area contributed by atoms with Crippen LogP contribution in [0, 0.1) is 0 Å². The van der Waals surface area contributed by atoms with Crippen LogP contribution in [0.5, 0.6) is 0 Å². The molecular formula is C23H23N3O5. The molecule has 31 heavy (non-hydrogen) atoms. The summed E-state index contributed by atoms with van der Waals surface area (Å²) in [5.74, 6) is -1.69.